The van der Waals surface area contributed by atoms with Crippen molar-refractivity contribution in [1.82, 2.24) is 0 Å². The molecule has 1 fully saturated rings. The summed E-state index contributed by atoms with van der Waals surface area (Å²) in [5.41, 5.74) is 0.880. The van der Waals surface area contributed by atoms with E-state index in [1.807, 2.05) is 30.3 Å². The smallest absolute Gasteiger partial charge is 0.0492 e. The number of hydrogen-bond donors (Lipinski definition) is 0. The molecule has 1 saturated carbocycles. The van der Waals surface area contributed by atoms with Gasteiger partial charge < -0.3 is 9.90 Å². The van der Waals surface area contributed by atoms with Crippen LogP contribution in [0.15, 0.2) is 30.3 Å². The maximum atomic E-state index is 10.9. The number of aliphatic carboxylic acids is 1. The molecule has 0 aliphatic heterocycles. The second kappa shape index (κ2) is 3.21. The molecular formula is C11H11O2-. The Hall–Kier alpha value is -1.31. The van der Waals surface area contributed by atoms with Crippen molar-refractivity contribution in [3.8, 4) is 0 Å². The summed E-state index contributed by atoms with van der Waals surface area (Å²) >= 11 is 0. The van der Waals surface area contributed by atoms with Crippen LogP contribution in [0.2, 0.25) is 0 Å². The number of carbonyl (C=O) groups excluding carboxylic acids is 1. The summed E-state index contributed by atoms with van der Waals surface area (Å²) in [6.45, 7) is 0. The van der Waals surface area contributed by atoms with E-state index in [-0.39, 0.29) is 5.92 Å². The second-order valence-corrected chi connectivity index (χ2v) is 3.54. The molecule has 2 rings (SSSR count). The molecule has 0 radical (unpaired) electrons. The van der Waals surface area contributed by atoms with E-state index in [0.29, 0.717) is 5.92 Å². The lowest BCUT2D eigenvalue weighted by Gasteiger charge is -2.17. The van der Waals surface area contributed by atoms with E-state index in [1.54, 1.807) is 0 Å². The van der Waals surface area contributed by atoms with E-state index >= 15 is 0 Å². The molecule has 1 aliphatic rings. The van der Waals surface area contributed by atoms with Gasteiger partial charge in [-0.2, -0.15) is 0 Å². The van der Waals surface area contributed by atoms with Crippen LogP contribution >= 0.6 is 0 Å². The predicted octanol–water partition coefficient (Wildman–Crippen LogP) is 0.930. The zero-order valence-corrected chi connectivity index (χ0v) is 7.27. The molecule has 1 aromatic rings. The van der Waals surface area contributed by atoms with Crippen molar-refractivity contribution in [3.63, 3.8) is 0 Å². The van der Waals surface area contributed by atoms with Gasteiger partial charge in [-0.15, -0.1) is 0 Å². The topological polar surface area (TPSA) is 40.1 Å². The first-order chi connectivity index (χ1) is 6.29. The Morgan fingerprint density at radius 3 is 2.38 bits per heavy atom. The van der Waals surface area contributed by atoms with Crippen LogP contribution in [-0.4, -0.2) is 5.97 Å². The first kappa shape index (κ1) is 8.30. The molecule has 0 bridgehead atoms. The highest BCUT2D eigenvalue weighted by Crippen LogP contribution is 2.42. The molecule has 0 spiro atoms. The highest BCUT2D eigenvalue weighted by Gasteiger charge is 2.32. The molecule has 2 heteroatoms. The fourth-order valence-electron chi connectivity index (χ4n) is 1.69. The Labute approximate surface area is 77.2 Å². The van der Waals surface area contributed by atoms with Crippen molar-refractivity contribution in [2.75, 3.05) is 0 Å². The zero-order valence-electron chi connectivity index (χ0n) is 7.27. The summed E-state index contributed by atoms with van der Waals surface area (Å²) in [4.78, 5) is 10.9. The van der Waals surface area contributed by atoms with Gasteiger partial charge in [0.05, 0.1) is 0 Å². The van der Waals surface area contributed by atoms with Gasteiger partial charge in [0, 0.05) is 11.9 Å². The highest BCUT2D eigenvalue weighted by molar-refractivity contribution is 5.74. The van der Waals surface area contributed by atoms with Crippen LogP contribution in [0, 0.1) is 5.92 Å². The van der Waals surface area contributed by atoms with Gasteiger partial charge in [0.2, 0.25) is 0 Å². The van der Waals surface area contributed by atoms with E-state index in [9.17, 15) is 9.90 Å². The standard InChI is InChI=1S/C11H12O2/c12-11(13)10(9-6-7-9)8-4-2-1-3-5-8/h1-5,9-10H,6-7H2,(H,12,13)/p-1. The van der Waals surface area contributed by atoms with Gasteiger partial charge in [-0.05, 0) is 24.3 Å². The van der Waals surface area contributed by atoms with Crippen molar-refractivity contribution in [1.29, 1.82) is 0 Å². The summed E-state index contributed by atoms with van der Waals surface area (Å²) in [5, 5.41) is 10.9. The summed E-state index contributed by atoms with van der Waals surface area (Å²) in [7, 11) is 0. The van der Waals surface area contributed by atoms with E-state index in [4.69, 9.17) is 0 Å². The van der Waals surface area contributed by atoms with Gasteiger partial charge in [-0.25, -0.2) is 0 Å². The highest BCUT2D eigenvalue weighted by atomic mass is 16.4. The van der Waals surface area contributed by atoms with Crippen LogP contribution in [0.25, 0.3) is 0 Å². The number of rotatable bonds is 3. The first-order valence-corrected chi connectivity index (χ1v) is 4.55. The molecule has 1 atom stereocenters. The summed E-state index contributed by atoms with van der Waals surface area (Å²) in [5.74, 6) is -1.01. The average Bonchev–Trinajstić information content (AvgIpc) is 2.90. The number of benzene rings is 1. The molecular weight excluding hydrogens is 164 g/mol. The van der Waals surface area contributed by atoms with Crippen molar-refractivity contribution < 1.29 is 9.90 Å². The molecule has 0 heterocycles. The molecule has 1 aromatic carbocycles. The summed E-state index contributed by atoms with van der Waals surface area (Å²) in [6.07, 6.45) is 2.04. The van der Waals surface area contributed by atoms with E-state index in [1.165, 1.54) is 0 Å². The normalized spacial score (nSPS) is 18.2. The van der Waals surface area contributed by atoms with Gasteiger partial charge in [0.1, 0.15) is 0 Å². The molecule has 2 nitrogen and oxygen atoms in total. The quantitative estimate of drug-likeness (QED) is 0.685. The first-order valence-electron chi connectivity index (χ1n) is 4.55. The number of carboxylic acids is 1. The Bertz CT molecular complexity index is 301. The van der Waals surface area contributed by atoms with Gasteiger partial charge in [-0.1, -0.05) is 30.3 Å². The molecule has 0 aromatic heterocycles. The lowest BCUT2D eigenvalue weighted by molar-refractivity contribution is -0.308. The lowest BCUT2D eigenvalue weighted by Crippen LogP contribution is -2.30. The van der Waals surface area contributed by atoms with E-state index < -0.39 is 5.97 Å². The average molecular weight is 175 g/mol. The van der Waals surface area contributed by atoms with E-state index in [0.717, 1.165) is 18.4 Å². The third-order valence-electron chi connectivity index (χ3n) is 2.51. The van der Waals surface area contributed by atoms with Crippen molar-refractivity contribution >= 4 is 5.97 Å². The summed E-state index contributed by atoms with van der Waals surface area (Å²) < 4.78 is 0. The van der Waals surface area contributed by atoms with Gasteiger partial charge in [0.25, 0.3) is 0 Å². The predicted molar refractivity (Wildman–Crippen MR) is 46.9 cm³/mol. The second-order valence-electron chi connectivity index (χ2n) is 3.54. The largest absolute Gasteiger partial charge is 0.549 e. The van der Waals surface area contributed by atoms with Crippen molar-refractivity contribution in [2.24, 2.45) is 5.92 Å². The third kappa shape index (κ3) is 1.72. The summed E-state index contributed by atoms with van der Waals surface area (Å²) in [6, 6.07) is 9.35. The van der Waals surface area contributed by atoms with Crippen LogP contribution in [0.4, 0.5) is 0 Å². The van der Waals surface area contributed by atoms with Gasteiger partial charge >= 0.3 is 0 Å². The van der Waals surface area contributed by atoms with Crippen LogP contribution in [-0.2, 0) is 4.79 Å². The molecule has 1 unspecified atom stereocenters. The van der Waals surface area contributed by atoms with Crippen LogP contribution in [0.5, 0.6) is 0 Å². The van der Waals surface area contributed by atoms with Crippen molar-refractivity contribution in [3.05, 3.63) is 35.9 Å². The van der Waals surface area contributed by atoms with Crippen LogP contribution in [0.1, 0.15) is 24.3 Å². The monoisotopic (exact) mass is 175 g/mol. The Balaban J connectivity index is 2.25. The maximum Gasteiger partial charge on any atom is 0.0492 e. The molecule has 0 amide bonds. The van der Waals surface area contributed by atoms with Crippen LogP contribution in [0.3, 0.4) is 0 Å². The van der Waals surface area contributed by atoms with E-state index in [2.05, 4.69) is 0 Å². The van der Waals surface area contributed by atoms with Crippen molar-refractivity contribution in [2.45, 2.75) is 18.8 Å². The minimum absolute atomic E-state index is 0.312. The maximum absolute atomic E-state index is 10.9. The minimum Gasteiger partial charge on any atom is -0.549 e. The zero-order chi connectivity index (χ0) is 9.26. The Morgan fingerprint density at radius 2 is 1.92 bits per heavy atom. The Morgan fingerprint density at radius 1 is 1.31 bits per heavy atom. The Kier molecular flexibility index (Phi) is 2.05. The fraction of sp³-hybridized carbons (Fsp3) is 0.364. The van der Waals surface area contributed by atoms with Gasteiger partial charge in [0.15, 0.2) is 0 Å². The number of carboxylic acid groups (broad SMARTS) is 1. The molecule has 13 heavy (non-hydrogen) atoms. The molecule has 68 valence electrons. The number of carbonyl (C=O) groups is 1. The van der Waals surface area contributed by atoms with Gasteiger partial charge in [-0.3, -0.25) is 0 Å². The number of hydrogen-bond acceptors (Lipinski definition) is 2. The fourth-order valence-corrected chi connectivity index (χ4v) is 1.69. The molecule has 0 N–H and O–H groups in total. The molecule has 0 saturated heterocycles. The molecule has 1 aliphatic carbocycles. The van der Waals surface area contributed by atoms with Crippen LogP contribution < -0.4 is 5.11 Å². The SMILES string of the molecule is O=C([O-])C(c1ccccc1)C1CC1. The third-order valence-corrected chi connectivity index (χ3v) is 2.51. The lowest BCUT2D eigenvalue weighted by atomic mass is 9.94. The minimum atomic E-state index is -0.936.